The van der Waals surface area contributed by atoms with E-state index in [-0.39, 0.29) is 17.6 Å². The molecule has 1 unspecified atom stereocenters. The molecule has 0 aliphatic heterocycles. The number of rotatable bonds is 3. The third-order valence-electron chi connectivity index (χ3n) is 1.85. The molecule has 1 atom stereocenters. The summed E-state index contributed by atoms with van der Waals surface area (Å²) in [7, 11) is 4.48. The molecule has 0 radical (unpaired) electrons. The quantitative estimate of drug-likeness (QED) is 0.621. The van der Waals surface area contributed by atoms with Crippen LogP contribution in [0, 0.1) is 0 Å². The van der Waals surface area contributed by atoms with Crippen molar-refractivity contribution >= 4 is 5.78 Å². The summed E-state index contributed by atoms with van der Waals surface area (Å²) >= 11 is 0. The van der Waals surface area contributed by atoms with Gasteiger partial charge in [-0.3, -0.25) is 4.79 Å². The van der Waals surface area contributed by atoms with Crippen LogP contribution in [0.4, 0.5) is 0 Å². The Kier molecular flexibility index (Phi) is 2.70. The van der Waals surface area contributed by atoms with Gasteiger partial charge in [-0.15, -0.1) is 0 Å². The highest BCUT2D eigenvalue weighted by Crippen LogP contribution is 2.26. The van der Waals surface area contributed by atoms with Crippen molar-refractivity contribution in [3.8, 4) is 0 Å². The molecule has 1 aliphatic rings. The normalized spacial score (nSPS) is 23.2. The summed E-state index contributed by atoms with van der Waals surface area (Å²) in [5, 5.41) is 0. The molecule has 0 aromatic heterocycles. The van der Waals surface area contributed by atoms with Gasteiger partial charge in [0.15, 0.2) is 5.76 Å². The molecular weight excluding hydrogens is 160 g/mol. The highest BCUT2D eigenvalue weighted by molar-refractivity contribution is 5.97. The number of hydrogen-bond donors (Lipinski definition) is 0. The number of ketones is 1. The van der Waals surface area contributed by atoms with Crippen molar-refractivity contribution < 1.29 is 19.0 Å². The van der Waals surface area contributed by atoms with E-state index >= 15 is 0 Å². The maximum absolute atomic E-state index is 11.2. The Bertz CT molecular complexity index is 219. The van der Waals surface area contributed by atoms with E-state index in [9.17, 15) is 4.79 Å². The SMILES string of the molecule is COC1=C(OC)C(OC)CC1=O. The van der Waals surface area contributed by atoms with Gasteiger partial charge in [0.05, 0.1) is 14.2 Å². The van der Waals surface area contributed by atoms with E-state index in [1.54, 1.807) is 0 Å². The van der Waals surface area contributed by atoms with Crippen molar-refractivity contribution in [3.05, 3.63) is 11.5 Å². The Labute approximate surface area is 71.1 Å². The van der Waals surface area contributed by atoms with Crippen molar-refractivity contribution in [3.63, 3.8) is 0 Å². The van der Waals surface area contributed by atoms with Crippen molar-refractivity contribution in [2.75, 3.05) is 21.3 Å². The number of carbonyl (C=O) groups is 1. The number of Topliss-reactive ketones (excluding diaryl/α,β-unsaturated/α-hetero) is 1. The molecule has 0 spiro atoms. The number of carbonyl (C=O) groups excluding carboxylic acids is 1. The average molecular weight is 172 g/mol. The van der Waals surface area contributed by atoms with Crippen LogP contribution in [-0.4, -0.2) is 33.2 Å². The first kappa shape index (κ1) is 9.06. The monoisotopic (exact) mass is 172 g/mol. The molecule has 0 saturated heterocycles. The number of methoxy groups -OCH3 is 3. The molecule has 0 N–H and O–H groups in total. The van der Waals surface area contributed by atoms with Crippen molar-refractivity contribution in [2.45, 2.75) is 12.5 Å². The fourth-order valence-corrected chi connectivity index (χ4v) is 1.27. The van der Waals surface area contributed by atoms with E-state index in [0.29, 0.717) is 12.2 Å². The highest BCUT2D eigenvalue weighted by Gasteiger charge is 2.34. The predicted molar refractivity (Wildman–Crippen MR) is 41.5 cm³/mol. The second-order valence-corrected chi connectivity index (χ2v) is 2.45. The van der Waals surface area contributed by atoms with Crippen LogP contribution in [0.3, 0.4) is 0 Å². The van der Waals surface area contributed by atoms with Crippen LogP contribution >= 0.6 is 0 Å². The molecule has 0 bridgehead atoms. The molecule has 12 heavy (non-hydrogen) atoms. The van der Waals surface area contributed by atoms with Crippen LogP contribution in [0.25, 0.3) is 0 Å². The molecule has 0 amide bonds. The Morgan fingerprint density at radius 1 is 1.25 bits per heavy atom. The molecule has 0 fully saturated rings. The molecule has 68 valence electrons. The number of allylic oxidation sites excluding steroid dienone is 1. The molecule has 1 rings (SSSR count). The summed E-state index contributed by atoms with van der Waals surface area (Å²) in [6, 6.07) is 0. The fourth-order valence-electron chi connectivity index (χ4n) is 1.27. The van der Waals surface area contributed by atoms with Crippen LogP contribution in [0.1, 0.15) is 6.42 Å². The first-order valence-corrected chi connectivity index (χ1v) is 3.62. The van der Waals surface area contributed by atoms with Crippen LogP contribution in [-0.2, 0) is 19.0 Å². The van der Waals surface area contributed by atoms with Crippen molar-refractivity contribution in [1.29, 1.82) is 0 Å². The van der Waals surface area contributed by atoms with Gasteiger partial charge in [-0.25, -0.2) is 0 Å². The lowest BCUT2D eigenvalue weighted by molar-refractivity contribution is -0.118. The zero-order valence-corrected chi connectivity index (χ0v) is 7.42. The van der Waals surface area contributed by atoms with Crippen LogP contribution < -0.4 is 0 Å². The third-order valence-corrected chi connectivity index (χ3v) is 1.85. The van der Waals surface area contributed by atoms with Gasteiger partial charge in [0.1, 0.15) is 6.10 Å². The molecule has 4 heteroatoms. The highest BCUT2D eigenvalue weighted by atomic mass is 16.5. The summed E-state index contributed by atoms with van der Waals surface area (Å²) in [6.07, 6.45) is 0.0282. The van der Waals surface area contributed by atoms with E-state index < -0.39 is 0 Å². The van der Waals surface area contributed by atoms with Crippen LogP contribution in [0.5, 0.6) is 0 Å². The van der Waals surface area contributed by atoms with Gasteiger partial charge >= 0.3 is 0 Å². The number of ether oxygens (including phenoxy) is 3. The zero-order chi connectivity index (χ0) is 9.14. The second kappa shape index (κ2) is 3.58. The molecule has 4 nitrogen and oxygen atoms in total. The molecule has 0 heterocycles. The maximum Gasteiger partial charge on any atom is 0.204 e. The van der Waals surface area contributed by atoms with Gasteiger partial charge in [-0.1, -0.05) is 0 Å². The topological polar surface area (TPSA) is 44.8 Å². The summed E-state index contributed by atoms with van der Waals surface area (Å²) in [5.41, 5.74) is 0. The van der Waals surface area contributed by atoms with Gasteiger partial charge in [-0.2, -0.15) is 0 Å². The Morgan fingerprint density at radius 3 is 2.33 bits per heavy atom. The third kappa shape index (κ3) is 1.30. The van der Waals surface area contributed by atoms with E-state index in [1.165, 1.54) is 21.3 Å². The zero-order valence-electron chi connectivity index (χ0n) is 7.42. The lowest BCUT2D eigenvalue weighted by Gasteiger charge is -2.10. The molecule has 0 aromatic carbocycles. The van der Waals surface area contributed by atoms with E-state index in [0.717, 1.165) is 0 Å². The van der Waals surface area contributed by atoms with Crippen LogP contribution in [0.2, 0.25) is 0 Å². The summed E-state index contributed by atoms with van der Waals surface area (Å²) < 4.78 is 14.9. The standard InChI is InChI=1S/C8H12O4/c1-10-6-4-5(9)7(11-2)8(6)12-3/h6H,4H2,1-3H3. The largest absolute Gasteiger partial charge is 0.494 e. The number of hydrogen-bond acceptors (Lipinski definition) is 4. The smallest absolute Gasteiger partial charge is 0.204 e. The van der Waals surface area contributed by atoms with E-state index in [2.05, 4.69) is 0 Å². The molecule has 0 aromatic rings. The van der Waals surface area contributed by atoms with Crippen LogP contribution in [0.15, 0.2) is 11.5 Å². The predicted octanol–water partition coefficient (Wildman–Crippen LogP) is 0.479. The van der Waals surface area contributed by atoms with Crippen molar-refractivity contribution in [1.82, 2.24) is 0 Å². The maximum atomic E-state index is 11.2. The van der Waals surface area contributed by atoms with E-state index in [4.69, 9.17) is 14.2 Å². The summed E-state index contributed by atoms with van der Waals surface area (Å²) in [6.45, 7) is 0. The lowest BCUT2D eigenvalue weighted by atomic mass is 10.3. The van der Waals surface area contributed by atoms with Crippen molar-refractivity contribution in [2.24, 2.45) is 0 Å². The van der Waals surface area contributed by atoms with Gasteiger partial charge in [0.2, 0.25) is 11.5 Å². The molecule has 0 saturated carbocycles. The lowest BCUT2D eigenvalue weighted by Crippen LogP contribution is -2.11. The average Bonchev–Trinajstić information content (AvgIpc) is 2.40. The van der Waals surface area contributed by atoms with Gasteiger partial charge < -0.3 is 14.2 Å². The minimum Gasteiger partial charge on any atom is -0.494 e. The van der Waals surface area contributed by atoms with Gasteiger partial charge in [0.25, 0.3) is 0 Å². The summed E-state index contributed by atoms with van der Waals surface area (Å²) in [4.78, 5) is 11.2. The first-order valence-electron chi connectivity index (χ1n) is 3.62. The minimum absolute atomic E-state index is 0.0683. The first-order chi connectivity index (χ1) is 5.74. The molecular formula is C8H12O4. The molecule has 1 aliphatic carbocycles. The fraction of sp³-hybridized carbons (Fsp3) is 0.625. The van der Waals surface area contributed by atoms with Gasteiger partial charge in [0, 0.05) is 13.5 Å². The Balaban J connectivity index is 2.90. The second-order valence-electron chi connectivity index (χ2n) is 2.45. The van der Waals surface area contributed by atoms with Gasteiger partial charge in [-0.05, 0) is 0 Å². The minimum atomic E-state index is -0.280. The van der Waals surface area contributed by atoms with E-state index in [1.807, 2.05) is 0 Å². The Morgan fingerprint density at radius 2 is 1.92 bits per heavy atom. The summed E-state index contributed by atoms with van der Waals surface area (Å²) in [5.74, 6) is 0.704. The Hall–Kier alpha value is -1.03.